The number of carbonyl (C=O) groups is 1. The molecule has 3 heterocycles. The number of aromatic amines is 1. The highest BCUT2D eigenvalue weighted by Crippen LogP contribution is 2.25. The van der Waals surface area contributed by atoms with Gasteiger partial charge in [-0.15, -0.1) is 10.2 Å². The molecule has 2 aromatic carbocycles. The topological polar surface area (TPSA) is 99.7 Å². The van der Waals surface area contributed by atoms with E-state index in [0.29, 0.717) is 12.0 Å². The Morgan fingerprint density at radius 1 is 1.11 bits per heavy atom. The molecule has 2 aromatic heterocycles. The van der Waals surface area contributed by atoms with E-state index in [-0.39, 0.29) is 5.91 Å². The molecule has 2 atom stereocenters. The van der Waals surface area contributed by atoms with Crippen LogP contribution in [0, 0.1) is 5.92 Å². The van der Waals surface area contributed by atoms with Crippen LogP contribution in [0.25, 0.3) is 16.6 Å². The Hall–Kier alpha value is -3.49. The van der Waals surface area contributed by atoms with Gasteiger partial charge in [-0.25, -0.2) is 0 Å². The largest absolute Gasteiger partial charge is 0.361 e. The van der Waals surface area contributed by atoms with E-state index in [9.17, 15) is 4.79 Å². The molecule has 1 amide bonds. The van der Waals surface area contributed by atoms with Crippen molar-refractivity contribution in [3.63, 3.8) is 0 Å². The smallest absolute Gasteiger partial charge is 0.221 e. The minimum Gasteiger partial charge on any atom is -0.361 e. The summed E-state index contributed by atoms with van der Waals surface area (Å²) in [6.45, 7) is 4.65. The predicted octanol–water partition coefficient (Wildman–Crippen LogP) is 3.84. The van der Waals surface area contributed by atoms with Crippen molar-refractivity contribution in [3.8, 4) is 5.69 Å². The Bertz CT molecular complexity index is 1260. The van der Waals surface area contributed by atoms with Crippen molar-refractivity contribution in [2.24, 2.45) is 5.92 Å². The second kappa shape index (κ2) is 11.5. The van der Waals surface area contributed by atoms with Crippen LogP contribution in [0.5, 0.6) is 0 Å². The van der Waals surface area contributed by atoms with Crippen LogP contribution in [-0.2, 0) is 17.6 Å². The number of H-pyrrole nitrogens is 1. The maximum absolute atomic E-state index is 11.2. The predicted molar refractivity (Wildman–Crippen MR) is 143 cm³/mol. The molecule has 0 saturated carbocycles. The van der Waals surface area contributed by atoms with Crippen LogP contribution in [0.2, 0.25) is 0 Å². The number of aromatic nitrogens is 4. The van der Waals surface area contributed by atoms with Gasteiger partial charge in [-0.1, -0.05) is 12.1 Å². The highest BCUT2D eigenvalue weighted by molar-refractivity contribution is 5.88. The van der Waals surface area contributed by atoms with Crippen LogP contribution in [0.4, 0.5) is 5.69 Å². The van der Waals surface area contributed by atoms with Crippen molar-refractivity contribution in [3.05, 3.63) is 72.4 Å². The number of piperidine rings is 1. The third-order valence-corrected chi connectivity index (χ3v) is 7.19. The van der Waals surface area contributed by atoms with Crippen LogP contribution in [0.3, 0.4) is 0 Å². The first-order valence-electron chi connectivity index (χ1n) is 12.9. The molecule has 1 aliphatic heterocycles. The van der Waals surface area contributed by atoms with Crippen molar-refractivity contribution in [1.82, 2.24) is 30.4 Å². The quantitative estimate of drug-likeness (QED) is 0.274. The number of hydrogen-bond acceptors (Lipinski definition) is 5. The van der Waals surface area contributed by atoms with Crippen LogP contribution >= 0.6 is 0 Å². The summed E-state index contributed by atoms with van der Waals surface area (Å²) in [6, 6.07) is 15.1. The monoisotopic (exact) mass is 485 g/mol. The lowest BCUT2D eigenvalue weighted by molar-refractivity contribution is -0.114. The molecular weight excluding hydrogens is 450 g/mol. The number of benzene rings is 2. The fraction of sp³-hybridized carbons (Fsp3) is 0.393. The normalized spacial score (nSPS) is 17.9. The van der Waals surface area contributed by atoms with Gasteiger partial charge in [0.2, 0.25) is 5.91 Å². The Kier molecular flexibility index (Phi) is 7.73. The Morgan fingerprint density at radius 3 is 2.75 bits per heavy atom. The highest BCUT2D eigenvalue weighted by atomic mass is 16.1. The first-order valence-corrected chi connectivity index (χ1v) is 12.9. The number of rotatable bonds is 10. The lowest BCUT2D eigenvalue weighted by atomic mass is 9.88. The molecule has 8 nitrogen and oxygen atoms in total. The Labute approximate surface area is 211 Å². The van der Waals surface area contributed by atoms with E-state index in [4.69, 9.17) is 0 Å². The van der Waals surface area contributed by atoms with Crippen LogP contribution in [0.15, 0.2) is 61.3 Å². The Balaban J connectivity index is 1.12. The van der Waals surface area contributed by atoms with E-state index in [1.54, 1.807) is 12.7 Å². The molecule has 188 valence electrons. The minimum atomic E-state index is -0.0390. The van der Waals surface area contributed by atoms with Gasteiger partial charge < -0.3 is 20.9 Å². The van der Waals surface area contributed by atoms with E-state index in [1.807, 2.05) is 16.7 Å². The second-order valence-electron chi connectivity index (χ2n) is 9.75. The molecule has 1 fully saturated rings. The lowest BCUT2D eigenvalue weighted by Crippen LogP contribution is -2.48. The van der Waals surface area contributed by atoms with Crippen LogP contribution in [0.1, 0.15) is 37.3 Å². The molecule has 0 aliphatic carbocycles. The van der Waals surface area contributed by atoms with Crippen molar-refractivity contribution in [1.29, 1.82) is 0 Å². The molecule has 4 aromatic rings. The van der Waals surface area contributed by atoms with E-state index < -0.39 is 0 Å². The number of anilines is 1. The van der Waals surface area contributed by atoms with Crippen molar-refractivity contribution in [2.75, 3.05) is 25.0 Å². The molecule has 1 saturated heterocycles. The zero-order chi connectivity index (χ0) is 24.7. The third kappa shape index (κ3) is 6.01. The number of fused-ring (bicyclic) bond motifs is 1. The maximum atomic E-state index is 11.2. The molecule has 0 bridgehead atoms. The van der Waals surface area contributed by atoms with Crippen molar-refractivity contribution >= 4 is 22.5 Å². The fourth-order valence-corrected chi connectivity index (χ4v) is 5.28. The summed E-state index contributed by atoms with van der Waals surface area (Å²) in [5, 5.41) is 19.4. The first kappa shape index (κ1) is 24.2. The molecule has 1 aliphatic rings. The van der Waals surface area contributed by atoms with Gasteiger partial charge >= 0.3 is 0 Å². The molecule has 4 N–H and O–H groups in total. The van der Waals surface area contributed by atoms with E-state index in [0.717, 1.165) is 43.9 Å². The summed E-state index contributed by atoms with van der Waals surface area (Å²) in [5.41, 5.74) is 5.76. The van der Waals surface area contributed by atoms with Gasteiger partial charge in [0.25, 0.3) is 0 Å². The molecule has 5 rings (SSSR count). The molecule has 0 radical (unpaired) electrons. The molecule has 36 heavy (non-hydrogen) atoms. The average molecular weight is 486 g/mol. The Morgan fingerprint density at radius 2 is 1.94 bits per heavy atom. The number of nitrogens with one attached hydrogen (secondary N) is 4. The number of hydrogen-bond donors (Lipinski definition) is 4. The highest BCUT2D eigenvalue weighted by Gasteiger charge is 2.24. The zero-order valence-electron chi connectivity index (χ0n) is 20.8. The summed E-state index contributed by atoms with van der Waals surface area (Å²) in [5.74, 6) is 0.599. The van der Waals surface area contributed by atoms with Gasteiger partial charge in [-0.3, -0.25) is 9.36 Å². The molecule has 8 heteroatoms. The maximum Gasteiger partial charge on any atom is 0.221 e. The van der Waals surface area contributed by atoms with Crippen molar-refractivity contribution < 1.29 is 4.79 Å². The number of aryl methyl sites for hydroxylation is 1. The number of nitrogens with zero attached hydrogens (tertiary/aromatic N) is 3. The SMILES string of the molecule is CC(=O)Nc1ccc(CCNC2CCNCC2CCCc2c[nH]c3ccc(-n4cnnc4)cc23)cc1. The fourth-order valence-electron chi connectivity index (χ4n) is 5.28. The minimum absolute atomic E-state index is 0.0390. The van der Waals surface area contributed by atoms with Crippen LogP contribution in [-0.4, -0.2) is 51.3 Å². The van der Waals surface area contributed by atoms with E-state index in [2.05, 4.69) is 67.7 Å². The molecule has 2 unspecified atom stereocenters. The summed E-state index contributed by atoms with van der Waals surface area (Å²) in [6.07, 6.45) is 11.2. The van der Waals surface area contributed by atoms with Crippen molar-refractivity contribution in [2.45, 2.75) is 45.1 Å². The average Bonchev–Trinajstić information content (AvgIpc) is 3.56. The standard InChI is InChI=1S/C28H35N7O/c1-20(36)34-24-7-5-21(6-8-24)11-14-30-27-12-13-29-16-23(27)4-2-3-22-17-31-28-10-9-25(15-26(22)28)35-18-32-33-19-35/h5-10,15,17-19,23,27,29-31H,2-4,11-14,16H2,1H3,(H,34,36). The van der Waals surface area contributed by atoms with Gasteiger partial charge in [-0.05, 0) is 99.1 Å². The second-order valence-corrected chi connectivity index (χ2v) is 9.75. The molecular formula is C28H35N7O. The van der Waals surface area contributed by atoms with E-state index >= 15 is 0 Å². The summed E-state index contributed by atoms with van der Waals surface area (Å²) in [7, 11) is 0. The summed E-state index contributed by atoms with van der Waals surface area (Å²) in [4.78, 5) is 14.6. The first-order chi connectivity index (χ1) is 17.7. The van der Waals surface area contributed by atoms with Gasteiger partial charge in [0.05, 0.1) is 0 Å². The molecule has 0 spiro atoms. The van der Waals surface area contributed by atoms with Gasteiger partial charge in [-0.2, -0.15) is 0 Å². The van der Waals surface area contributed by atoms with E-state index in [1.165, 1.54) is 48.2 Å². The lowest BCUT2D eigenvalue weighted by Gasteiger charge is -2.33. The van der Waals surface area contributed by atoms with Gasteiger partial charge in [0.1, 0.15) is 12.7 Å². The van der Waals surface area contributed by atoms with Crippen LogP contribution < -0.4 is 16.0 Å². The number of amides is 1. The number of carbonyl (C=O) groups excluding carboxylic acids is 1. The summed E-state index contributed by atoms with van der Waals surface area (Å²) >= 11 is 0. The third-order valence-electron chi connectivity index (χ3n) is 7.19. The summed E-state index contributed by atoms with van der Waals surface area (Å²) < 4.78 is 1.94. The van der Waals surface area contributed by atoms with Gasteiger partial charge in [0, 0.05) is 41.4 Å². The van der Waals surface area contributed by atoms with Gasteiger partial charge in [0.15, 0.2) is 0 Å². The zero-order valence-corrected chi connectivity index (χ0v) is 20.8.